The molecular formula is C13H17NO5. The summed E-state index contributed by atoms with van der Waals surface area (Å²) in [5.74, 6) is -1.63. The van der Waals surface area contributed by atoms with Gasteiger partial charge in [0.2, 0.25) is 0 Å². The first kappa shape index (κ1) is 15.0. The Kier molecular flexibility index (Phi) is 5.32. The number of carboxylic acids is 1. The summed E-state index contributed by atoms with van der Waals surface area (Å²) in [6.45, 7) is 3.25. The van der Waals surface area contributed by atoms with E-state index in [1.807, 2.05) is 6.07 Å². The molecule has 0 aliphatic heterocycles. The van der Waals surface area contributed by atoms with Crippen molar-refractivity contribution in [2.75, 3.05) is 0 Å². The third-order valence-corrected chi connectivity index (χ3v) is 2.54. The Labute approximate surface area is 111 Å². The predicted octanol–water partition coefficient (Wildman–Crippen LogP) is 2.21. The maximum Gasteiger partial charge on any atom is 0.432 e. The second-order valence-corrected chi connectivity index (χ2v) is 4.39. The zero-order chi connectivity index (χ0) is 14.4. The highest BCUT2D eigenvalue weighted by Crippen LogP contribution is 2.14. The van der Waals surface area contributed by atoms with Gasteiger partial charge in [0, 0.05) is 0 Å². The van der Waals surface area contributed by atoms with E-state index in [0.29, 0.717) is 5.06 Å². The molecule has 0 spiro atoms. The summed E-state index contributed by atoms with van der Waals surface area (Å²) in [6, 6.07) is 7.71. The highest BCUT2D eigenvalue weighted by atomic mass is 16.7. The molecule has 1 aromatic rings. The van der Waals surface area contributed by atoms with Gasteiger partial charge in [0.25, 0.3) is 0 Å². The van der Waals surface area contributed by atoms with Crippen molar-refractivity contribution in [3.63, 3.8) is 0 Å². The fourth-order valence-electron chi connectivity index (χ4n) is 1.63. The summed E-state index contributed by atoms with van der Waals surface area (Å²) in [5.41, 5.74) is 0.765. The highest BCUT2D eigenvalue weighted by Gasteiger charge is 2.33. The maximum atomic E-state index is 11.1. The van der Waals surface area contributed by atoms with E-state index in [1.165, 1.54) is 0 Å². The fraction of sp³-hybridized carbons (Fsp3) is 0.385. The highest BCUT2D eigenvalue weighted by molar-refractivity contribution is 5.78. The van der Waals surface area contributed by atoms with Gasteiger partial charge in [0.15, 0.2) is 6.04 Å². The number of hydrogen-bond donors (Lipinski definition) is 2. The van der Waals surface area contributed by atoms with Crippen molar-refractivity contribution < 1.29 is 24.6 Å². The van der Waals surface area contributed by atoms with Gasteiger partial charge in [-0.2, -0.15) is 5.06 Å². The van der Waals surface area contributed by atoms with E-state index >= 15 is 0 Å². The number of hydrogen-bond acceptors (Lipinski definition) is 3. The zero-order valence-corrected chi connectivity index (χ0v) is 10.8. The van der Waals surface area contributed by atoms with Crippen LogP contribution in [0.15, 0.2) is 30.3 Å². The molecule has 0 saturated heterocycles. The number of nitrogens with zero attached hydrogens (tertiary/aromatic N) is 1. The molecule has 0 bridgehead atoms. The van der Waals surface area contributed by atoms with Crippen LogP contribution in [-0.2, 0) is 16.2 Å². The first-order chi connectivity index (χ1) is 8.93. The Morgan fingerprint density at radius 2 is 1.79 bits per heavy atom. The first-order valence-electron chi connectivity index (χ1n) is 5.85. The molecule has 0 heterocycles. The van der Waals surface area contributed by atoms with Crippen LogP contribution in [-0.4, -0.2) is 33.4 Å². The standard InChI is InChI=1S/C13H17NO5/c1-9(2)11(12(15)16)14(13(17)18)19-8-10-6-4-3-5-7-10/h3-7,9,11H,8H2,1-2H3,(H,15,16)(H,17,18). The maximum absolute atomic E-state index is 11.1. The van der Waals surface area contributed by atoms with Gasteiger partial charge in [-0.25, -0.2) is 9.59 Å². The van der Waals surface area contributed by atoms with Crippen LogP contribution in [0, 0.1) is 5.92 Å². The molecule has 0 aliphatic carbocycles. The van der Waals surface area contributed by atoms with Crippen molar-refractivity contribution in [3.05, 3.63) is 35.9 Å². The van der Waals surface area contributed by atoms with Crippen LogP contribution in [0.2, 0.25) is 0 Å². The van der Waals surface area contributed by atoms with Crippen LogP contribution >= 0.6 is 0 Å². The van der Waals surface area contributed by atoms with Crippen LogP contribution in [0.1, 0.15) is 19.4 Å². The minimum atomic E-state index is -1.42. The Morgan fingerprint density at radius 1 is 1.21 bits per heavy atom. The van der Waals surface area contributed by atoms with E-state index in [-0.39, 0.29) is 6.61 Å². The number of hydroxylamine groups is 2. The molecule has 0 aliphatic rings. The second-order valence-electron chi connectivity index (χ2n) is 4.39. The molecule has 0 saturated carbocycles. The van der Waals surface area contributed by atoms with Gasteiger partial charge in [0.05, 0.1) is 0 Å². The number of carboxylic acid groups (broad SMARTS) is 2. The molecular weight excluding hydrogens is 250 g/mol. The van der Waals surface area contributed by atoms with E-state index in [2.05, 4.69) is 0 Å². The quantitative estimate of drug-likeness (QED) is 0.771. The SMILES string of the molecule is CC(C)C(C(=O)O)N(OCc1ccccc1)C(=O)O. The molecule has 1 atom stereocenters. The number of amides is 1. The molecule has 0 aromatic heterocycles. The lowest BCUT2D eigenvalue weighted by Crippen LogP contribution is -2.47. The molecule has 1 rings (SSSR count). The first-order valence-corrected chi connectivity index (χ1v) is 5.85. The van der Waals surface area contributed by atoms with Crippen LogP contribution in [0.5, 0.6) is 0 Å². The van der Waals surface area contributed by atoms with Gasteiger partial charge in [-0.05, 0) is 11.5 Å². The number of aliphatic carboxylic acids is 1. The molecule has 6 heteroatoms. The van der Waals surface area contributed by atoms with Crippen molar-refractivity contribution in [1.29, 1.82) is 0 Å². The fourth-order valence-corrected chi connectivity index (χ4v) is 1.63. The van der Waals surface area contributed by atoms with Gasteiger partial charge in [-0.15, -0.1) is 0 Å². The summed E-state index contributed by atoms with van der Waals surface area (Å²) in [7, 11) is 0. The Hall–Kier alpha value is -2.08. The van der Waals surface area contributed by atoms with Gasteiger partial charge >= 0.3 is 12.1 Å². The van der Waals surface area contributed by atoms with E-state index in [9.17, 15) is 9.59 Å². The third kappa shape index (κ3) is 4.26. The Balaban J connectivity index is 2.78. The monoisotopic (exact) mass is 267 g/mol. The summed E-state index contributed by atoms with van der Waals surface area (Å²) in [4.78, 5) is 27.3. The lowest BCUT2D eigenvalue weighted by atomic mass is 10.1. The van der Waals surface area contributed by atoms with Gasteiger partial charge in [-0.1, -0.05) is 44.2 Å². The lowest BCUT2D eigenvalue weighted by molar-refractivity contribution is -0.191. The number of carbonyl (C=O) groups is 2. The molecule has 19 heavy (non-hydrogen) atoms. The van der Waals surface area contributed by atoms with Gasteiger partial charge in [-0.3, -0.25) is 4.84 Å². The number of rotatable bonds is 6. The molecule has 2 N–H and O–H groups in total. The summed E-state index contributed by atoms with van der Waals surface area (Å²) < 4.78 is 0. The molecule has 6 nitrogen and oxygen atoms in total. The van der Waals surface area contributed by atoms with Crippen LogP contribution in [0.4, 0.5) is 4.79 Å². The average molecular weight is 267 g/mol. The smallest absolute Gasteiger partial charge is 0.432 e. The number of benzene rings is 1. The van der Waals surface area contributed by atoms with Gasteiger partial charge < -0.3 is 10.2 Å². The molecule has 1 unspecified atom stereocenters. The zero-order valence-electron chi connectivity index (χ0n) is 10.8. The van der Waals surface area contributed by atoms with Crippen molar-refractivity contribution in [2.45, 2.75) is 26.5 Å². The van der Waals surface area contributed by atoms with Gasteiger partial charge in [0.1, 0.15) is 6.61 Å². The van der Waals surface area contributed by atoms with Crippen LogP contribution < -0.4 is 0 Å². The average Bonchev–Trinajstić information content (AvgIpc) is 2.34. The van der Waals surface area contributed by atoms with Crippen LogP contribution in [0.3, 0.4) is 0 Å². The lowest BCUT2D eigenvalue weighted by Gasteiger charge is -2.27. The topological polar surface area (TPSA) is 87.1 Å². The van der Waals surface area contributed by atoms with Crippen molar-refractivity contribution in [2.24, 2.45) is 5.92 Å². The third-order valence-electron chi connectivity index (χ3n) is 2.54. The summed E-state index contributed by atoms with van der Waals surface area (Å²) in [5, 5.41) is 18.6. The van der Waals surface area contributed by atoms with E-state index in [1.54, 1.807) is 38.1 Å². The van der Waals surface area contributed by atoms with Crippen LogP contribution in [0.25, 0.3) is 0 Å². The Morgan fingerprint density at radius 3 is 2.21 bits per heavy atom. The molecule has 1 aromatic carbocycles. The molecule has 1 amide bonds. The predicted molar refractivity (Wildman–Crippen MR) is 67.4 cm³/mol. The van der Waals surface area contributed by atoms with E-state index in [4.69, 9.17) is 15.1 Å². The molecule has 0 fully saturated rings. The van der Waals surface area contributed by atoms with Crippen molar-refractivity contribution in [1.82, 2.24) is 5.06 Å². The molecule has 104 valence electrons. The Bertz CT molecular complexity index is 432. The second kappa shape index (κ2) is 6.75. The molecule has 0 radical (unpaired) electrons. The minimum absolute atomic E-state index is 0.00361. The summed E-state index contributed by atoms with van der Waals surface area (Å²) in [6.07, 6.45) is -1.42. The van der Waals surface area contributed by atoms with E-state index < -0.39 is 24.0 Å². The van der Waals surface area contributed by atoms with Crippen molar-refractivity contribution in [3.8, 4) is 0 Å². The van der Waals surface area contributed by atoms with Crippen molar-refractivity contribution >= 4 is 12.1 Å². The minimum Gasteiger partial charge on any atom is -0.480 e. The normalized spacial score (nSPS) is 12.2. The summed E-state index contributed by atoms with van der Waals surface area (Å²) >= 11 is 0. The van der Waals surface area contributed by atoms with E-state index in [0.717, 1.165) is 5.56 Å². The largest absolute Gasteiger partial charge is 0.480 e.